The number of hydrogen-bond acceptors (Lipinski definition) is 6. The number of rotatable bonds is 6. The minimum Gasteiger partial charge on any atom is -0.507 e. The number of benzene rings is 1. The van der Waals surface area contributed by atoms with Gasteiger partial charge in [-0.1, -0.05) is 13.8 Å². The van der Waals surface area contributed by atoms with Crippen LogP contribution < -0.4 is 0 Å². The maximum atomic E-state index is 12.5. The monoisotopic (exact) mass is 425 g/mol. The molecule has 0 saturated heterocycles. The highest BCUT2D eigenvalue weighted by Gasteiger charge is 2.22. The first-order valence-electron chi connectivity index (χ1n) is 10.6. The second-order valence-electron chi connectivity index (χ2n) is 8.09. The normalized spacial score (nSPS) is 14.0. The van der Waals surface area contributed by atoms with E-state index < -0.39 is 0 Å². The molecule has 2 aromatic heterocycles. The Morgan fingerprint density at radius 2 is 2.13 bits per heavy atom. The summed E-state index contributed by atoms with van der Waals surface area (Å²) in [6, 6.07) is 5.34. The molecular formula is C24H27NO4S. The van der Waals surface area contributed by atoms with E-state index in [1.54, 1.807) is 19.2 Å². The summed E-state index contributed by atoms with van der Waals surface area (Å²) in [6.07, 6.45) is 6.65. The van der Waals surface area contributed by atoms with Gasteiger partial charge in [-0.3, -0.25) is 0 Å². The number of hydrogen-bond donors (Lipinski definition) is 1. The molecule has 0 unspecified atom stereocenters. The van der Waals surface area contributed by atoms with Crippen molar-refractivity contribution < 1.29 is 19.1 Å². The van der Waals surface area contributed by atoms with Gasteiger partial charge in [-0.2, -0.15) is 0 Å². The highest BCUT2D eigenvalue weighted by atomic mass is 32.1. The Bertz CT molecular complexity index is 1110. The molecule has 0 fully saturated rings. The third-order valence-corrected chi connectivity index (χ3v) is 6.38. The molecule has 0 spiro atoms. The van der Waals surface area contributed by atoms with E-state index in [4.69, 9.17) is 9.15 Å². The predicted molar refractivity (Wildman–Crippen MR) is 121 cm³/mol. The van der Waals surface area contributed by atoms with Gasteiger partial charge in [0.1, 0.15) is 22.1 Å². The number of aromatic hydroxyl groups is 1. The van der Waals surface area contributed by atoms with E-state index in [-0.39, 0.29) is 11.7 Å². The lowest BCUT2D eigenvalue weighted by atomic mass is 9.94. The number of aryl methyl sites for hydroxylation is 2. The first kappa shape index (κ1) is 20.7. The zero-order valence-electron chi connectivity index (χ0n) is 17.7. The number of phenolic OH excluding ortho intramolecular Hbond substituents is 1. The number of carbonyl (C=O) groups excluding carboxylic acids is 1. The summed E-state index contributed by atoms with van der Waals surface area (Å²) in [5.74, 6) is 1.29. The number of nitrogens with zero attached hydrogens (tertiary/aromatic N) is 1. The van der Waals surface area contributed by atoms with Crippen molar-refractivity contribution in [2.75, 3.05) is 6.61 Å². The molecule has 2 heterocycles. The average molecular weight is 426 g/mol. The van der Waals surface area contributed by atoms with Crippen LogP contribution >= 0.6 is 11.3 Å². The van der Waals surface area contributed by atoms with Gasteiger partial charge in [0.25, 0.3) is 0 Å². The second kappa shape index (κ2) is 8.64. The smallest absolute Gasteiger partial charge is 0.341 e. The van der Waals surface area contributed by atoms with Crippen LogP contribution in [0, 0.1) is 5.92 Å². The van der Waals surface area contributed by atoms with E-state index in [0.29, 0.717) is 28.7 Å². The van der Waals surface area contributed by atoms with Crippen LogP contribution in [0.5, 0.6) is 5.75 Å². The number of thiophene rings is 1. The van der Waals surface area contributed by atoms with E-state index in [1.165, 1.54) is 16.9 Å². The van der Waals surface area contributed by atoms with Crippen molar-refractivity contribution in [3.63, 3.8) is 0 Å². The summed E-state index contributed by atoms with van der Waals surface area (Å²) in [4.78, 5) is 18.2. The van der Waals surface area contributed by atoms with Gasteiger partial charge < -0.3 is 14.3 Å². The molecule has 30 heavy (non-hydrogen) atoms. The zero-order chi connectivity index (χ0) is 21.3. The number of furan rings is 1. The van der Waals surface area contributed by atoms with E-state index in [1.807, 2.05) is 12.1 Å². The number of esters is 1. The van der Waals surface area contributed by atoms with Gasteiger partial charge in [-0.15, -0.1) is 11.3 Å². The molecule has 1 aliphatic rings. The lowest BCUT2D eigenvalue weighted by Gasteiger charge is -2.09. The minimum absolute atomic E-state index is 0.164. The fourth-order valence-corrected chi connectivity index (χ4v) is 5.21. The second-order valence-corrected chi connectivity index (χ2v) is 9.21. The summed E-state index contributed by atoms with van der Waals surface area (Å²) in [6.45, 7) is 6.41. The number of phenols is 1. The van der Waals surface area contributed by atoms with Crippen molar-refractivity contribution in [2.24, 2.45) is 10.9 Å². The molecule has 4 rings (SSSR count). The fourth-order valence-electron chi connectivity index (χ4n) is 4.01. The standard InChI is InChI=1S/C24H27NO4S/c1-4-28-24(27)17-12-15(11-14(2)3)30-23(17)25-13-18-19(26)9-10-21-22(18)16-7-5-6-8-20(16)29-21/h9-10,12-14,26H,4-8,11H2,1-3H3. The highest BCUT2D eigenvalue weighted by Crippen LogP contribution is 2.38. The van der Waals surface area contributed by atoms with Gasteiger partial charge in [0.05, 0.1) is 12.2 Å². The fraction of sp³-hybridized carbons (Fsp3) is 0.417. The Morgan fingerprint density at radius 3 is 2.90 bits per heavy atom. The molecule has 1 aliphatic carbocycles. The SMILES string of the molecule is CCOC(=O)c1cc(CC(C)C)sc1N=Cc1c(O)ccc2oc3c(c12)CCCC3. The largest absolute Gasteiger partial charge is 0.507 e. The molecule has 1 N–H and O–H groups in total. The molecule has 0 amide bonds. The third-order valence-electron chi connectivity index (χ3n) is 5.32. The van der Waals surface area contributed by atoms with Crippen LogP contribution in [-0.2, 0) is 24.0 Å². The lowest BCUT2D eigenvalue weighted by Crippen LogP contribution is -2.03. The van der Waals surface area contributed by atoms with Gasteiger partial charge in [0, 0.05) is 34.0 Å². The Labute approximate surface area is 180 Å². The molecule has 0 atom stereocenters. The molecule has 158 valence electrons. The van der Waals surface area contributed by atoms with E-state index in [0.717, 1.165) is 53.7 Å². The topological polar surface area (TPSA) is 72.0 Å². The Hall–Kier alpha value is -2.60. The maximum Gasteiger partial charge on any atom is 0.341 e. The minimum atomic E-state index is -0.362. The first-order valence-corrected chi connectivity index (χ1v) is 11.4. The summed E-state index contributed by atoms with van der Waals surface area (Å²) in [5, 5.41) is 12.1. The van der Waals surface area contributed by atoms with Crippen molar-refractivity contribution in [1.29, 1.82) is 0 Å². The number of ether oxygens (including phenoxy) is 1. The Balaban J connectivity index is 1.77. The third kappa shape index (κ3) is 4.01. The Kier molecular flexibility index (Phi) is 5.95. The molecule has 0 saturated carbocycles. The van der Waals surface area contributed by atoms with Crippen LogP contribution in [0.2, 0.25) is 0 Å². The van der Waals surface area contributed by atoms with Crippen LogP contribution in [0.3, 0.4) is 0 Å². The van der Waals surface area contributed by atoms with Gasteiger partial charge >= 0.3 is 5.97 Å². The van der Waals surface area contributed by atoms with Gasteiger partial charge in [0.15, 0.2) is 0 Å². The van der Waals surface area contributed by atoms with E-state index in [9.17, 15) is 9.90 Å². The average Bonchev–Trinajstić information content (AvgIpc) is 3.28. The van der Waals surface area contributed by atoms with Crippen molar-refractivity contribution in [2.45, 2.75) is 52.9 Å². The van der Waals surface area contributed by atoms with Crippen LogP contribution in [0.4, 0.5) is 5.00 Å². The van der Waals surface area contributed by atoms with Crippen LogP contribution in [0.1, 0.15) is 65.7 Å². The summed E-state index contributed by atoms with van der Waals surface area (Å²) in [5.41, 5.74) is 3.08. The van der Waals surface area contributed by atoms with E-state index in [2.05, 4.69) is 18.8 Å². The van der Waals surface area contributed by atoms with Crippen molar-refractivity contribution in [1.82, 2.24) is 0 Å². The number of carbonyl (C=O) groups is 1. The van der Waals surface area contributed by atoms with Crippen LogP contribution in [0.25, 0.3) is 11.0 Å². The van der Waals surface area contributed by atoms with Crippen molar-refractivity contribution in [3.05, 3.63) is 45.5 Å². The van der Waals surface area contributed by atoms with Crippen LogP contribution in [0.15, 0.2) is 27.6 Å². The van der Waals surface area contributed by atoms with Crippen LogP contribution in [-0.4, -0.2) is 23.9 Å². The molecule has 1 aromatic carbocycles. The van der Waals surface area contributed by atoms with Crippen molar-refractivity contribution in [3.8, 4) is 5.75 Å². The molecule has 3 aromatic rings. The molecule has 5 nitrogen and oxygen atoms in total. The maximum absolute atomic E-state index is 12.5. The van der Waals surface area contributed by atoms with Gasteiger partial charge in [0.2, 0.25) is 0 Å². The number of aliphatic imine (C=N–C) groups is 1. The molecule has 0 radical (unpaired) electrons. The molecule has 6 heteroatoms. The zero-order valence-corrected chi connectivity index (χ0v) is 18.5. The quantitative estimate of drug-likeness (QED) is 0.377. The first-order chi connectivity index (χ1) is 14.5. The van der Waals surface area contributed by atoms with Crippen molar-refractivity contribution >= 4 is 39.5 Å². The summed E-state index contributed by atoms with van der Waals surface area (Å²) < 4.78 is 11.3. The predicted octanol–water partition coefficient (Wildman–Crippen LogP) is 6.20. The summed E-state index contributed by atoms with van der Waals surface area (Å²) in [7, 11) is 0. The number of fused-ring (bicyclic) bond motifs is 3. The summed E-state index contributed by atoms with van der Waals surface area (Å²) >= 11 is 1.50. The molecule has 0 aliphatic heterocycles. The molecular weight excluding hydrogens is 398 g/mol. The molecule has 0 bridgehead atoms. The Morgan fingerprint density at radius 1 is 1.33 bits per heavy atom. The lowest BCUT2D eigenvalue weighted by molar-refractivity contribution is 0.0528. The highest BCUT2D eigenvalue weighted by molar-refractivity contribution is 7.16. The van der Waals surface area contributed by atoms with Gasteiger partial charge in [-0.25, -0.2) is 9.79 Å². The van der Waals surface area contributed by atoms with Gasteiger partial charge in [-0.05, 0) is 56.7 Å². The van der Waals surface area contributed by atoms with E-state index >= 15 is 0 Å².